The first-order valence-electron chi connectivity index (χ1n) is 19.6. The molecule has 5 rings (SSSR count). The number of rotatable bonds is 15. The molecule has 1 nitrogen and oxygen atoms in total. The number of ether oxygens (including phenoxy) is 1. The highest BCUT2D eigenvalue weighted by molar-refractivity contribution is 5.71. The standard InChI is InChI=1S/C50H62O/c1-33(2)40-15-17-42(18-16-40)36(7)11-12-38(9)45-24-29-49(39(10)31-45)50-30-23-44(35(5)6)32-46(50)14-13-37(8)43-21-27-48(28-22-43)51-47-25-19-41(20-26-47)34(3)4/h15-38H,11-14H2,1-10H3. The van der Waals surface area contributed by atoms with Crippen LogP contribution in [0.2, 0.25) is 0 Å². The molecule has 1 heteroatoms. The highest BCUT2D eigenvalue weighted by Crippen LogP contribution is 2.36. The third-order valence-electron chi connectivity index (χ3n) is 11.2. The quantitative estimate of drug-likeness (QED) is 0.107. The summed E-state index contributed by atoms with van der Waals surface area (Å²) in [6, 6.07) is 40.9. The second-order valence-corrected chi connectivity index (χ2v) is 16.2. The summed E-state index contributed by atoms with van der Waals surface area (Å²) in [5.41, 5.74) is 14.0. The minimum atomic E-state index is 0.444. The van der Waals surface area contributed by atoms with Gasteiger partial charge in [0.2, 0.25) is 0 Å². The van der Waals surface area contributed by atoms with Gasteiger partial charge in [0.25, 0.3) is 0 Å². The molecule has 0 amide bonds. The van der Waals surface area contributed by atoms with Crippen molar-refractivity contribution in [2.24, 2.45) is 0 Å². The Balaban J connectivity index is 1.24. The average Bonchev–Trinajstić information content (AvgIpc) is 3.13. The van der Waals surface area contributed by atoms with E-state index in [0.29, 0.717) is 35.5 Å². The van der Waals surface area contributed by atoms with Crippen molar-refractivity contribution in [3.63, 3.8) is 0 Å². The SMILES string of the molecule is Cc1cc(C(C)CCC(C)c2ccc(C(C)C)cc2)ccc1-c1ccc(C(C)C)cc1CCC(C)c1ccc(Oc2ccc(C(C)C)cc2)cc1. The zero-order valence-corrected chi connectivity index (χ0v) is 33.1. The molecule has 0 saturated heterocycles. The molecule has 0 aliphatic rings. The van der Waals surface area contributed by atoms with Crippen molar-refractivity contribution in [2.45, 2.75) is 130 Å². The normalized spacial score (nSPS) is 13.5. The van der Waals surface area contributed by atoms with Crippen LogP contribution in [0.1, 0.15) is 162 Å². The molecule has 0 N–H and O–H groups in total. The maximum absolute atomic E-state index is 6.16. The molecule has 0 radical (unpaired) electrons. The van der Waals surface area contributed by atoms with Crippen molar-refractivity contribution in [3.8, 4) is 22.6 Å². The van der Waals surface area contributed by atoms with Crippen LogP contribution in [0.5, 0.6) is 11.5 Å². The van der Waals surface area contributed by atoms with Crippen LogP contribution in [0.4, 0.5) is 0 Å². The van der Waals surface area contributed by atoms with Gasteiger partial charge in [-0.05, 0) is 148 Å². The largest absolute Gasteiger partial charge is 0.457 e. The fourth-order valence-electron chi connectivity index (χ4n) is 7.24. The van der Waals surface area contributed by atoms with Gasteiger partial charge in [0.15, 0.2) is 0 Å². The van der Waals surface area contributed by atoms with Gasteiger partial charge in [-0.1, -0.05) is 147 Å². The lowest BCUT2D eigenvalue weighted by Gasteiger charge is -2.20. The van der Waals surface area contributed by atoms with Crippen LogP contribution in [-0.4, -0.2) is 0 Å². The molecule has 5 aromatic rings. The third-order valence-corrected chi connectivity index (χ3v) is 11.2. The first-order valence-corrected chi connectivity index (χ1v) is 19.6. The molecular formula is C50H62O. The Morgan fingerprint density at radius 1 is 0.392 bits per heavy atom. The van der Waals surface area contributed by atoms with Crippen LogP contribution in [0.25, 0.3) is 11.1 Å². The molecule has 0 aliphatic heterocycles. The number of benzene rings is 5. The van der Waals surface area contributed by atoms with Crippen molar-refractivity contribution in [2.75, 3.05) is 0 Å². The third kappa shape index (κ3) is 10.0. The van der Waals surface area contributed by atoms with Crippen molar-refractivity contribution in [1.29, 1.82) is 0 Å². The monoisotopic (exact) mass is 678 g/mol. The summed E-state index contributed by atoms with van der Waals surface area (Å²) in [4.78, 5) is 0. The minimum Gasteiger partial charge on any atom is -0.457 e. The number of aryl methyl sites for hydroxylation is 2. The Hall–Kier alpha value is -4.10. The molecule has 3 unspecified atom stereocenters. The van der Waals surface area contributed by atoms with Gasteiger partial charge in [0, 0.05) is 0 Å². The molecule has 0 aromatic heterocycles. The minimum absolute atomic E-state index is 0.444. The lowest BCUT2D eigenvalue weighted by molar-refractivity contribution is 0.482. The molecule has 0 heterocycles. The second-order valence-electron chi connectivity index (χ2n) is 16.2. The Labute approximate surface area is 310 Å². The van der Waals surface area contributed by atoms with Gasteiger partial charge >= 0.3 is 0 Å². The van der Waals surface area contributed by atoms with Crippen LogP contribution < -0.4 is 4.74 Å². The van der Waals surface area contributed by atoms with E-state index >= 15 is 0 Å². The van der Waals surface area contributed by atoms with Crippen LogP contribution in [-0.2, 0) is 6.42 Å². The van der Waals surface area contributed by atoms with Gasteiger partial charge in [-0.15, -0.1) is 0 Å². The smallest absolute Gasteiger partial charge is 0.127 e. The van der Waals surface area contributed by atoms with Crippen molar-refractivity contribution < 1.29 is 4.74 Å². The van der Waals surface area contributed by atoms with Crippen LogP contribution >= 0.6 is 0 Å². The maximum Gasteiger partial charge on any atom is 0.127 e. The molecular weight excluding hydrogens is 617 g/mol. The highest BCUT2D eigenvalue weighted by atomic mass is 16.5. The fourth-order valence-corrected chi connectivity index (χ4v) is 7.24. The van der Waals surface area contributed by atoms with E-state index in [1.807, 2.05) is 0 Å². The lowest BCUT2D eigenvalue weighted by Crippen LogP contribution is -2.02. The summed E-state index contributed by atoms with van der Waals surface area (Å²) in [5.74, 6) is 4.91. The highest BCUT2D eigenvalue weighted by Gasteiger charge is 2.16. The molecule has 0 fully saturated rings. The summed E-state index contributed by atoms with van der Waals surface area (Å²) in [5, 5.41) is 0. The predicted octanol–water partition coefficient (Wildman–Crippen LogP) is 15.2. The van der Waals surface area contributed by atoms with Crippen LogP contribution in [0, 0.1) is 6.92 Å². The molecule has 0 spiro atoms. The van der Waals surface area contributed by atoms with Gasteiger partial charge in [0.05, 0.1) is 0 Å². The average molecular weight is 679 g/mol. The second kappa shape index (κ2) is 17.4. The first kappa shape index (κ1) is 38.1. The van der Waals surface area contributed by atoms with Crippen LogP contribution in [0.3, 0.4) is 0 Å². The van der Waals surface area contributed by atoms with Crippen LogP contribution in [0.15, 0.2) is 109 Å². The fraction of sp³-hybridized carbons (Fsp3) is 0.400. The van der Waals surface area contributed by atoms with E-state index in [2.05, 4.69) is 178 Å². The Kier molecular flexibility index (Phi) is 13.0. The molecule has 0 bridgehead atoms. The number of hydrogen-bond donors (Lipinski definition) is 0. The van der Waals surface area contributed by atoms with E-state index in [1.165, 1.54) is 68.5 Å². The molecule has 0 aliphatic carbocycles. The van der Waals surface area contributed by atoms with E-state index < -0.39 is 0 Å². The summed E-state index contributed by atoms with van der Waals surface area (Å²) >= 11 is 0. The predicted molar refractivity (Wildman–Crippen MR) is 221 cm³/mol. The Morgan fingerprint density at radius 2 is 0.784 bits per heavy atom. The summed E-state index contributed by atoms with van der Waals surface area (Å²) < 4.78 is 6.16. The zero-order valence-electron chi connectivity index (χ0n) is 33.1. The van der Waals surface area contributed by atoms with Gasteiger partial charge in [-0.2, -0.15) is 0 Å². The summed E-state index contributed by atoms with van der Waals surface area (Å²) in [6.45, 7) is 23.0. The first-order chi connectivity index (χ1) is 24.4. The van der Waals surface area contributed by atoms with Gasteiger partial charge in [0.1, 0.15) is 11.5 Å². The molecule has 0 saturated carbocycles. The maximum atomic E-state index is 6.16. The van der Waals surface area contributed by atoms with Crippen molar-refractivity contribution >= 4 is 0 Å². The van der Waals surface area contributed by atoms with E-state index in [0.717, 1.165) is 24.3 Å². The lowest BCUT2D eigenvalue weighted by atomic mass is 9.85. The topological polar surface area (TPSA) is 9.23 Å². The molecule has 5 aromatic carbocycles. The Morgan fingerprint density at radius 3 is 1.29 bits per heavy atom. The van der Waals surface area contributed by atoms with E-state index in [9.17, 15) is 0 Å². The summed E-state index contributed by atoms with van der Waals surface area (Å²) in [7, 11) is 0. The van der Waals surface area contributed by atoms with Crippen molar-refractivity contribution in [1.82, 2.24) is 0 Å². The van der Waals surface area contributed by atoms with Crippen molar-refractivity contribution in [3.05, 3.63) is 154 Å². The van der Waals surface area contributed by atoms with E-state index in [-0.39, 0.29) is 0 Å². The molecule has 268 valence electrons. The zero-order chi connectivity index (χ0) is 36.7. The van der Waals surface area contributed by atoms with E-state index in [1.54, 1.807) is 0 Å². The van der Waals surface area contributed by atoms with Gasteiger partial charge in [-0.3, -0.25) is 0 Å². The molecule has 3 atom stereocenters. The van der Waals surface area contributed by atoms with Gasteiger partial charge in [-0.25, -0.2) is 0 Å². The molecule has 51 heavy (non-hydrogen) atoms. The van der Waals surface area contributed by atoms with Gasteiger partial charge < -0.3 is 4.74 Å². The summed E-state index contributed by atoms with van der Waals surface area (Å²) in [6.07, 6.45) is 4.53. The van der Waals surface area contributed by atoms with E-state index in [4.69, 9.17) is 4.74 Å². The Bertz CT molecular complexity index is 1820. The number of hydrogen-bond acceptors (Lipinski definition) is 1.